The Morgan fingerprint density at radius 1 is 0.886 bits per heavy atom. The topological polar surface area (TPSA) is 101 Å². The molecule has 0 saturated carbocycles. The van der Waals surface area contributed by atoms with Crippen molar-refractivity contribution in [2.24, 2.45) is 0 Å². The number of amides is 2. The molecular weight excluding hydrogens is 448 g/mol. The number of para-hydroxylation sites is 1. The molecule has 35 heavy (non-hydrogen) atoms. The smallest absolute Gasteiger partial charge is 0.331 e. The van der Waals surface area contributed by atoms with Crippen molar-refractivity contribution in [3.05, 3.63) is 90.4 Å². The minimum absolute atomic E-state index is 0.00597. The second-order valence-corrected chi connectivity index (χ2v) is 8.00. The van der Waals surface area contributed by atoms with Gasteiger partial charge in [-0.3, -0.25) is 9.59 Å². The highest BCUT2D eigenvalue weighted by molar-refractivity contribution is 6.53. The fourth-order valence-electron chi connectivity index (χ4n) is 4.33. The van der Waals surface area contributed by atoms with E-state index in [9.17, 15) is 14.7 Å². The third-order valence-electron chi connectivity index (χ3n) is 5.92. The van der Waals surface area contributed by atoms with Gasteiger partial charge in [-0.2, -0.15) is 9.67 Å². The number of fused-ring (bicyclic) bond motifs is 1. The number of aryl methyl sites for hydroxylation is 1. The van der Waals surface area contributed by atoms with Crippen LogP contribution in [0.4, 0.5) is 5.69 Å². The van der Waals surface area contributed by atoms with Crippen molar-refractivity contribution in [3.8, 4) is 23.1 Å². The average molecular weight is 466 g/mol. The van der Waals surface area contributed by atoms with Gasteiger partial charge in [0.2, 0.25) is 6.79 Å². The summed E-state index contributed by atoms with van der Waals surface area (Å²) in [5.41, 5.74) is 1.37. The van der Waals surface area contributed by atoms with Gasteiger partial charge in [0.25, 0.3) is 11.6 Å². The zero-order valence-corrected chi connectivity index (χ0v) is 18.5. The van der Waals surface area contributed by atoms with Gasteiger partial charge in [0.05, 0.1) is 17.1 Å². The van der Waals surface area contributed by atoms with Gasteiger partial charge >= 0.3 is 5.91 Å². The minimum atomic E-state index is -0.618. The van der Waals surface area contributed by atoms with Gasteiger partial charge in [0, 0.05) is 23.8 Å². The Morgan fingerprint density at radius 3 is 2.37 bits per heavy atom. The van der Waals surface area contributed by atoms with E-state index < -0.39 is 17.7 Å². The van der Waals surface area contributed by atoms with E-state index in [4.69, 9.17) is 9.47 Å². The number of pyridine rings is 1. The first-order valence-corrected chi connectivity index (χ1v) is 10.9. The molecule has 4 aromatic rings. The molecule has 2 amide bonds. The van der Waals surface area contributed by atoms with Crippen LogP contribution >= 0.6 is 0 Å². The summed E-state index contributed by atoms with van der Waals surface area (Å²) >= 11 is 0. The molecule has 172 valence electrons. The lowest BCUT2D eigenvalue weighted by Crippen LogP contribution is -2.39. The molecule has 2 aromatic carbocycles. The van der Waals surface area contributed by atoms with Gasteiger partial charge in [0.1, 0.15) is 5.57 Å². The molecule has 0 bridgehead atoms. The molecule has 0 spiro atoms. The molecule has 6 rings (SSSR count). The molecule has 2 aliphatic heterocycles. The summed E-state index contributed by atoms with van der Waals surface area (Å²) in [4.78, 5) is 28.6. The van der Waals surface area contributed by atoms with E-state index in [1.807, 2.05) is 6.07 Å². The molecular formula is C26H18N4O5. The monoisotopic (exact) mass is 466 g/mol. The van der Waals surface area contributed by atoms with Crippen LogP contribution in [0.2, 0.25) is 0 Å². The lowest BCUT2D eigenvalue weighted by molar-refractivity contribution is -0.576. The number of benzene rings is 2. The lowest BCUT2D eigenvalue weighted by Gasteiger charge is -2.16. The maximum absolute atomic E-state index is 13.8. The summed E-state index contributed by atoms with van der Waals surface area (Å²) in [5, 5.41) is 17.9. The highest BCUT2D eigenvalue weighted by Gasteiger charge is 2.47. The van der Waals surface area contributed by atoms with E-state index in [0.29, 0.717) is 28.6 Å². The quantitative estimate of drug-likeness (QED) is 0.338. The molecule has 0 fully saturated rings. The van der Waals surface area contributed by atoms with Crippen LogP contribution in [0.25, 0.3) is 17.0 Å². The lowest BCUT2D eigenvalue weighted by atomic mass is 10.0. The van der Waals surface area contributed by atoms with Crippen LogP contribution in [0.1, 0.15) is 11.3 Å². The van der Waals surface area contributed by atoms with E-state index in [1.54, 1.807) is 84.5 Å². The summed E-state index contributed by atoms with van der Waals surface area (Å²) in [5.74, 6) is -0.700. The third kappa shape index (κ3) is 3.17. The first-order chi connectivity index (χ1) is 17.0. The zero-order valence-electron chi connectivity index (χ0n) is 18.5. The van der Waals surface area contributed by atoms with E-state index in [2.05, 4.69) is 5.10 Å². The van der Waals surface area contributed by atoms with Gasteiger partial charge < -0.3 is 14.6 Å². The summed E-state index contributed by atoms with van der Waals surface area (Å²) in [6, 6.07) is 19.0. The van der Waals surface area contributed by atoms with Crippen molar-refractivity contribution >= 4 is 28.8 Å². The number of hydrogen-bond acceptors (Lipinski definition) is 6. The van der Waals surface area contributed by atoms with Crippen molar-refractivity contribution in [3.63, 3.8) is 0 Å². The van der Waals surface area contributed by atoms with E-state index in [-0.39, 0.29) is 23.6 Å². The van der Waals surface area contributed by atoms with E-state index in [1.165, 1.54) is 4.68 Å². The number of imide groups is 1. The largest absolute Gasteiger partial charge is 0.858 e. The van der Waals surface area contributed by atoms with Crippen molar-refractivity contribution in [1.82, 2.24) is 9.78 Å². The van der Waals surface area contributed by atoms with Crippen molar-refractivity contribution in [2.75, 3.05) is 11.7 Å². The molecule has 9 heteroatoms. The van der Waals surface area contributed by atoms with Gasteiger partial charge in [-0.1, -0.05) is 24.3 Å². The van der Waals surface area contributed by atoms with Gasteiger partial charge in [-0.15, -0.1) is 0 Å². The molecule has 0 atom stereocenters. The van der Waals surface area contributed by atoms with Crippen LogP contribution in [-0.2, 0) is 9.59 Å². The number of rotatable bonds is 4. The molecule has 0 N–H and O–H groups in total. The predicted molar refractivity (Wildman–Crippen MR) is 123 cm³/mol. The molecule has 0 aliphatic carbocycles. The fourth-order valence-corrected chi connectivity index (χ4v) is 4.33. The average Bonchev–Trinajstić information content (AvgIpc) is 3.53. The van der Waals surface area contributed by atoms with Gasteiger partial charge in [0.15, 0.2) is 23.9 Å². The predicted octanol–water partition coefficient (Wildman–Crippen LogP) is 2.21. The molecule has 0 radical (unpaired) electrons. The van der Waals surface area contributed by atoms with Crippen molar-refractivity contribution in [2.45, 2.75) is 6.92 Å². The maximum Gasteiger partial charge on any atom is 0.331 e. The molecule has 2 aliphatic rings. The number of carbonyl (C=O) groups excluding carboxylic acids is 2. The maximum atomic E-state index is 13.8. The number of nitrogens with zero attached hydrogens (tertiary/aromatic N) is 4. The second kappa shape index (κ2) is 7.84. The van der Waals surface area contributed by atoms with Crippen LogP contribution < -0.4 is 24.0 Å². The molecule has 2 aromatic heterocycles. The Balaban J connectivity index is 1.55. The van der Waals surface area contributed by atoms with Crippen molar-refractivity contribution < 1.29 is 28.7 Å². The first kappa shape index (κ1) is 20.7. The Hall–Kier alpha value is -4.92. The summed E-state index contributed by atoms with van der Waals surface area (Å²) in [6.07, 6.45) is 3.32. The first-order valence-electron chi connectivity index (χ1n) is 10.9. The van der Waals surface area contributed by atoms with Crippen LogP contribution in [-0.4, -0.2) is 28.4 Å². The van der Waals surface area contributed by atoms with E-state index in [0.717, 1.165) is 4.90 Å². The SMILES string of the molecule is Cc1nn(-c2ccccc2)c([O-])c1C1=C([n+]2ccccc2)C(=O)N(c2ccc3c(c2)OCO3)C1=O. The number of hydrogen-bond donors (Lipinski definition) is 0. The van der Waals surface area contributed by atoms with Crippen LogP contribution in [0.3, 0.4) is 0 Å². The Morgan fingerprint density at radius 2 is 1.60 bits per heavy atom. The van der Waals surface area contributed by atoms with Crippen molar-refractivity contribution in [1.29, 1.82) is 0 Å². The highest BCUT2D eigenvalue weighted by atomic mass is 16.7. The zero-order chi connectivity index (χ0) is 24.1. The summed E-state index contributed by atoms with van der Waals surface area (Å²) < 4.78 is 13.6. The molecule has 9 nitrogen and oxygen atoms in total. The van der Waals surface area contributed by atoms with Crippen LogP contribution in [0, 0.1) is 6.92 Å². The summed E-state index contributed by atoms with van der Waals surface area (Å²) in [7, 11) is 0. The Kier molecular flexibility index (Phi) is 4.63. The minimum Gasteiger partial charge on any atom is -0.858 e. The molecule has 0 saturated heterocycles. The number of ether oxygens (including phenoxy) is 2. The van der Waals surface area contributed by atoms with Crippen LogP contribution in [0.15, 0.2) is 79.1 Å². The fraction of sp³-hybridized carbons (Fsp3) is 0.0769. The molecule has 0 unspecified atom stereocenters. The van der Waals surface area contributed by atoms with Gasteiger partial charge in [-0.25, -0.2) is 9.58 Å². The normalized spacial score (nSPS) is 14.8. The number of carbonyl (C=O) groups is 2. The van der Waals surface area contributed by atoms with Gasteiger partial charge in [-0.05, 0) is 37.1 Å². The molecule has 4 heterocycles. The van der Waals surface area contributed by atoms with E-state index >= 15 is 0 Å². The van der Waals surface area contributed by atoms with Crippen LogP contribution in [0.5, 0.6) is 17.4 Å². The third-order valence-corrected chi connectivity index (χ3v) is 5.92. The highest BCUT2D eigenvalue weighted by Crippen LogP contribution is 2.41. The Bertz CT molecular complexity index is 1530. The second-order valence-electron chi connectivity index (χ2n) is 8.00. The number of anilines is 1. The Labute approximate surface area is 199 Å². The standard InChI is InChI=1S/C26H18N4O5/c1-16-21(25(32)30(27-16)17-8-4-2-5-9-17)22-23(28-12-6-3-7-13-28)26(33)29(24(22)31)18-10-11-19-20(14-18)35-15-34-19/h2-14H,15H2,1H3. The number of aromatic nitrogens is 3. The summed E-state index contributed by atoms with van der Waals surface area (Å²) in [6.45, 7) is 1.71.